The van der Waals surface area contributed by atoms with E-state index in [4.69, 9.17) is 0 Å². The van der Waals surface area contributed by atoms with E-state index in [1.165, 1.54) is 31.4 Å². The Bertz CT molecular complexity index is 359. The highest BCUT2D eigenvalue weighted by Crippen LogP contribution is 2.32. The molecule has 2 rings (SSSR count). The van der Waals surface area contributed by atoms with Gasteiger partial charge in [0.15, 0.2) is 0 Å². The van der Waals surface area contributed by atoms with Crippen molar-refractivity contribution in [1.29, 1.82) is 0 Å². The van der Waals surface area contributed by atoms with Gasteiger partial charge in [-0.2, -0.15) is 0 Å². The quantitative estimate of drug-likeness (QED) is 0.768. The van der Waals surface area contributed by atoms with Crippen molar-refractivity contribution in [2.45, 2.75) is 58.2 Å². The SMILES string of the molecule is CCCN(C1CC1)C(C)C(NCC)c1ccccc1. The molecule has 1 fully saturated rings. The van der Waals surface area contributed by atoms with Crippen LogP contribution in [0.4, 0.5) is 0 Å². The van der Waals surface area contributed by atoms with Gasteiger partial charge in [0.2, 0.25) is 0 Å². The minimum atomic E-state index is 0.443. The molecule has 106 valence electrons. The molecule has 1 aliphatic carbocycles. The van der Waals surface area contributed by atoms with Crippen molar-refractivity contribution in [2.75, 3.05) is 13.1 Å². The van der Waals surface area contributed by atoms with E-state index in [1.54, 1.807) is 0 Å². The van der Waals surface area contributed by atoms with E-state index < -0.39 is 0 Å². The first kappa shape index (κ1) is 14.5. The van der Waals surface area contributed by atoms with Crippen LogP contribution in [0, 0.1) is 0 Å². The molecule has 2 unspecified atom stereocenters. The maximum atomic E-state index is 3.68. The fraction of sp³-hybridized carbons (Fsp3) is 0.647. The molecule has 0 spiro atoms. The third kappa shape index (κ3) is 3.80. The summed E-state index contributed by atoms with van der Waals surface area (Å²) in [5, 5.41) is 3.68. The van der Waals surface area contributed by atoms with Gasteiger partial charge in [0.05, 0.1) is 0 Å². The lowest BCUT2D eigenvalue weighted by molar-refractivity contribution is 0.160. The third-order valence-electron chi connectivity index (χ3n) is 4.09. The van der Waals surface area contributed by atoms with Gasteiger partial charge in [-0.3, -0.25) is 4.90 Å². The van der Waals surface area contributed by atoms with E-state index >= 15 is 0 Å². The van der Waals surface area contributed by atoms with Crippen molar-refractivity contribution in [3.63, 3.8) is 0 Å². The molecule has 0 aromatic heterocycles. The Kier molecular flexibility index (Phi) is 5.41. The van der Waals surface area contributed by atoms with Crippen LogP contribution in [0.5, 0.6) is 0 Å². The number of rotatable bonds is 8. The smallest absolute Gasteiger partial charge is 0.0475 e. The molecule has 0 saturated heterocycles. The van der Waals surface area contributed by atoms with Gasteiger partial charge >= 0.3 is 0 Å². The summed E-state index contributed by atoms with van der Waals surface area (Å²) in [5.41, 5.74) is 1.42. The highest BCUT2D eigenvalue weighted by molar-refractivity contribution is 5.20. The zero-order chi connectivity index (χ0) is 13.7. The van der Waals surface area contributed by atoms with Gasteiger partial charge in [0.25, 0.3) is 0 Å². The maximum absolute atomic E-state index is 3.68. The largest absolute Gasteiger partial charge is 0.309 e. The van der Waals surface area contributed by atoms with Crippen LogP contribution >= 0.6 is 0 Å². The molecule has 2 heteroatoms. The minimum Gasteiger partial charge on any atom is -0.309 e. The van der Waals surface area contributed by atoms with Crippen LogP contribution in [0.25, 0.3) is 0 Å². The second-order valence-electron chi connectivity index (χ2n) is 5.66. The van der Waals surface area contributed by atoms with Gasteiger partial charge in [-0.1, -0.05) is 44.2 Å². The van der Waals surface area contributed by atoms with Crippen molar-refractivity contribution >= 4 is 0 Å². The number of hydrogen-bond acceptors (Lipinski definition) is 2. The summed E-state index contributed by atoms with van der Waals surface area (Å²) in [5.74, 6) is 0. The molecule has 0 aliphatic heterocycles. The lowest BCUT2D eigenvalue weighted by Gasteiger charge is -2.35. The van der Waals surface area contributed by atoms with Gasteiger partial charge in [-0.25, -0.2) is 0 Å². The van der Waals surface area contributed by atoms with Gasteiger partial charge in [-0.05, 0) is 44.8 Å². The summed E-state index contributed by atoms with van der Waals surface area (Å²) in [6.45, 7) is 9.11. The lowest BCUT2D eigenvalue weighted by Crippen LogP contribution is -2.44. The zero-order valence-corrected chi connectivity index (χ0v) is 12.6. The van der Waals surface area contributed by atoms with Crippen molar-refractivity contribution < 1.29 is 0 Å². The fourth-order valence-corrected chi connectivity index (χ4v) is 3.02. The minimum absolute atomic E-state index is 0.443. The van der Waals surface area contributed by atoms with E-state index in [2.05, 4.69) is 61.3 Å². The van der Waals surface area contributed by atoms with E-state index in [0.29, 0.717) is 12.1 Å². The summed E-state index contributed by atoms with van der Waals surface area (Å²) < 4.78 is 0. The van der Waals surface area contributed by atoms with Crippen molar-refractivity contribution in [3.8, 4) is 0 Å². The summed E-state index contributed by atoms with van der Waals surface area (Å²) in [4.78, 5) is 2.71. The molecule has 1 N–H and O–H groups in total. The van der Waals surface area contributed by atoms with Crippen molar-refractivity contribution in [3.05, 3.63) is 35.9 Å². The molecule has 1 aliphatic rings. The average molecular weight is 260 g/mol. The van der Waals surface area contributed by atoms with Gasteiger partial charge in [-0.15, -0.1) is 0 Å². The second kappa shape index (κ2) is 7.06. The first-order valence-electron chi connectivity index (χ1n) is 7.82. The van der Waals surface area contributed by atoms with Crippen LogP contribution < -0.4 is 5.32 Å². The molecule has 1 saturated carbocycles. The topological polar surface area (TPSA) is 15.3 Å². The molecule has 2 nitrogen and oxygen atoms in total. The Morgan fingerprint density at radius 3 is 2.42 bits per heavy atom. The van der Waals surface area contributed by atoms with Crippen LogP contribution in [0.15, 0.2) is 30.3 Å². The number of benzene rings is 1. The number of hydrogen-bond donors (Lipinski definition) is 1. The zero-order valence-electron chi connectivity index (χ0n) is 12.6. The molecule has 19 heavy (non-hydrogen) atoms. The van der Waals surface area contributed by atoms with E-state index in [0.717, 1.165) is 12.6 Å². The summed E-state index contributed by atoms with van der Waals surface area (Å²) in [6.07, 6.45) is 4.02. The predicted octanol–water partition coefficient (Wildman–Crippen LogP) is 3.60. The fourth-order valence-electron chi connectivity index (χ4n) is 3.02. The van der Waals surface area contributed by atoms with Gasteiger partial charge in [0.1, 0.15) is 0 Å². The molecule has 0 amide bonds. The summed E-state index contributed by atoms with van der Waals surface area (Å²) in [6, 6.07) is 12.7. The van der Waals surface area contributed by atoms with Crippen LogP contribution in [-0.4, -0.2) is 30.1 Å². The Hall–Kier alpha value is -0.860. The standard InChI is InChI=1S/C17H28N2/c1-4-13-19(16-11-12-16)14(3)17(18-5-2)15-9-7-6-8-10-15/h6-10,14,16-18H,4-5,11-13H2,1-3H3. The van der Waals surface area contributed by atoms with E-state index in [9.17, 15) is 0 Å². The highest BCUT2D eigenvalue weighted by Gasteiger charge is 2.34. The van der Waals surface area contributed by atoms with Gasteiger partial charge in [0, 0.05) is 18.1 Å². The normalized spacial score (nSPS) is 18.5. The molecule has 1 aromatic carbocycles. The Balaban J connectivity index is 2.12. The molecule has 1 aromatic rings. The Morgan fingerprint density at radius 2 is 1.89 bits per heavy atom. The maximum Gasteiger partial charge on any atom is 0.0475 e. The second-order valence-corrected chi connectivity index (χ2v) is 5.66. The first-order valence-corrected chi connectivity index (χ1v) is 7.82. The van der Waals surface area contributed by atoms with E-state index in [-0.39, 0.29) is 0 Å². The molecular formula is C17H28N2. The summed E-state index contributed by atoms with van der Waals surface area (Å²) >= 11 is 0. The van der Waals surface area contributed by atoms with E-state index in [1.807, 2.05) is 0 Å². The monoisotopic (exact) mass is 260 g/mol. The van der Waals surface area contributed by atoms with Crippen LogP contribution in [0.2, 0.25) is 0 Å². The van der Waals surface area contributed by atoms with Crippen LogP contribution in [-0.2, 0) is 0 Å². The molecular weight excluding hydrogens is 232 g/mol. The van der Waals surface area contributed by atoms with Crippen LogP contribution in [0.1, 0.15) is 51.6 Å². The number of likely N-dealkylation sites (N-methyl/N-ethyl adjacent to an activating group) is 1. The first-order chi connectivity index (χ1) is 9.27. The van der Waals surface area contributed by atoms with Crippen molar-refractivity contribution in [2.24, 2.45) is 0 Å². The third-order valence-corrected chi connectivity index (χ3v) is 4.09. The molecule has 2 atom stereocenters. The number of nitrogens with zero attached hydrogens (tertiary/aromatic N) is 1. The molecule has 0 heterocycles. The van der Waals surface area contributed by atoms with Crippen molar-refractivity contribution in [1.82, 2.24) is 10.2 Å². The Morgan fingerprint density at radius 1 is 1.21 bits per heavy atom. The predicted molar refractivity (Wildman–Crippen MR) is 82.3 cm³/mol. The molecule has 0 bridgehead atoms. The van der Waals surface area contributed by atoms with Crippen LogP contribution in [0.3, 0.4) is 0 Å². The number of nitrogens with one attached hydrogen (secondary N) is 1. The average Bonchev–Trinajstić information content (AvgIpc) is 3.27. The Labute approximate surface area is 118 Å². The molecule has 0 radical (unpaired) electrons. The highest BCUT2D eigenvalue weighted by atomic mass is 15.2. The lowest BCUT2D eigenvalue weighted by atomic mass is 9.98. The van der Waals surface area contributed by atoms with Gasteiger partial charge < -0.3 is 5.32 Å². The summed E-state index contributed by atoms with van der Waals surface area (Å²) in [7, 11) is 0.